The zero-order valence-corrected chi connectivity index (χ0v) is 16.2. The normalized spacial score (nSPS) is 16.2. The highest BCUT2D eigenvalue weighted by Gasteiger charge is 2.33. The van der Waals surface area contributed by atoms with E-state index in [1.165, 1.54) is 0 Å². The van der Waals surface area contributed by atoms with Gasteiger partial charge >= 0.3 is 0 Å². The Morgan fingerprint density at radius 3 is 1.85 bits per heavy atom. The zero-order valence-electron chi connectivity index (χ0n) is 16.2. The van der Waals surface area contributed by atoms with Crippen LogP contribution in [0.3, 0.4) is 0 Å². The van der Waals surface area contributed by atoms with E-state index in [0.717, 1.165) is 0 Å². The molecule has 144 valence electrons. The predicted octanol–water partition coefficient (Wildman–Crippen LogP) is 1.36. The first-order valence-electron chi connectivity index (χ1n) is 8.74. The maximum absolute atomic E-state index is 12.8. The molecule has 26 heavy (non-hydrogen) atoms. The van der Waals surface area contributed by atoms with Crippen molar-refractivity contribution in [1.29, 1.82) is 0 Å². The number of nitrogens with two attached hydrogens (primary N) is 1. The van der Waals surface area contributed by atoms with Gasteiger partial charge in [0.25, 0.3) is 5.91 Å². The molecule has 1 aromatic carbocycles. The summed E-state index contributed by atoms with van der Waals surface area (Å²) in [6.45, 7) is 7.76. The summed E-state index contributed by atoms with van der Waals surface area (Å²) in [7, 11) is 3.09. The van der Waals surface area contributed by atoms with E-state index < -0.39 is 6.04 Å². The largest absolute Gasteiger partial charge is 0.497 e. The van der Waals surface area contributed by atoms with Gasteiger partial charge in [0.1, 0.15) is 11.5 Å². The number of carbonyl (C=O) groups excluding carboxylic acids is 2. The first-order chi connectivity index (χ1) is 12.2. The van der Waals surface area contributed by atoms with Crippen molar-refractivity contribution in [1.82, 2.24) is 9.80 Å². The van der Waals surface area contributed by atoms with Crippen molar-refractivity contribution in [3.8, 4) is 11.5 Å². The molecule has 1 aromatic rings. The molecule has 1 heterocycles. The van der Waals surface area contributed by atoms with Crippen molar-refractivity contribution < 1.29 is 19.1 Å². The fraction of sp³-hybridized carbons (Fsp3) is 0.579. The average molecular weight is 363 g/mol. The zero-order chi connectivity index (χ0) is 19.5. The van der Waals surface area contributed by atoms with Gasteiger partial charge in [-0.3, -0.25) is 9.59 Å². The van der Waals surface area contributed by atoms with E-state index in [0.29, 0.717) is 43.2 Å². The van der Waals surface area contributed by atoms with Crippen LogP contribution in [0.5, 0.6) is 11.5 Å². The molecule has 1 atom stereocenters. The van der Waals surface area contributed by atoms with Crippen LogP contribution in [0.2, 0.25) is 0 Å². The lowest BCUT2D eigenvalue weighted by atomic mass is 9.86. The molecule has 0 unspecified atom stereocenters. The van der Waals surface area contributed by atoms with Crippen LogP contribution in [-0.4, -0.2) is 68.1 Å². The lowest BCUT2D eigenvalue weighted by Crippen LogP contribution is -2.56. The molecule has 2 amide bonds. The number of ether oxygens (including phenoxy) is 2. The molecular weight excluding hydrogens is 334 g/mol. The maximum Gasteiger partial charge on any atom is 0.254 e. The third-order valence-corrected chi connectivity index (χ3v) is 4.68. The quantitative estimate of drug-likeness (QED) is 0.873. The lowest BCUT2D eigenvalue weighted by Gasteiger charge is -2.38. The number of amides is 2. The van der Waals surface area contributed by atoms with Gasteiger partial charge in [-0.1, -0.05) is 20.8 Å². The molecule has 1 saturated heterocycles. The second kappa shape index (κ2) is 7.95. The monoisotopic (exact) mass is 363 g/mol. The van der Waals surface area contributed by atoms with Crippen molar-refractivity contribution in [2.24, 2.45) is 11.1 Å². The van der Waals surface area contributed by atoms with Gasteiger partial charge in [0.2, 0.25) is 5.91 Å². The number of benzene rings is 1. The van der Waals surface area contributed by atoms with Gasteiger partial charge < -0.3 is 25.0 Å². The van der Waals surface area contributed by atoms with Crippen molar-refractivity contribution in [2.45, 2.75) is 26.8 Å². The molecule has 0 aliphatic carbocycles. The first kappa shape index (κ1) is 20.0. The van der Waals surface area contributed by atoms with E-state index in [9.17, 15) is 9.59 Å². The fourth-order valence-electron chi connectivity index (χ4n) is 2.81. The summed E-state index contributed by atoms with van der Waals surface area (Å²) in [6, 6.07) is 4.56. The number of piperazine rings is 1. The fourth-order valence-corrected chi connectivity index (χ4v) is 2.81. The molecule has 7 nitrogen and oxygen atoms in total. The number of methoxy groups -OCH3 is 2. The summed E-state index contributed by atoms with van der Waals surface area (Å²) in [5.74, 6) is 0.970. The topological polar surface area (TPSA) is 85.1 Å². The third kappa shape index (κ3) is 4.46. The van der Waals surface area contributed by atoms with Gasteiger partial charge in [-0.05, 0) is 17.5 Å². The average Bonchev–Trinajstić information content (AvgIpc) is 2.65. The van der Waals surface area contributed by atoms with E-state index in [4.69, 9.17) is 15.2 Å². The standard InChI is InChI=1S/C19H29N3O4/c1-19(2,3)16(20)18(24)22-8-6-21(7-9-22)17(23)13-10-14(25-4)12-15(11-13)26-5/h10-12,16H,6-9,20H2,1-5H3/t16-/m1/s1. The van der Waals surface area contributed by atoms with E-state index in [1.807, 2.05) is 20.8 Å². The highest BCUT2D eigenvalue weighted by Crippen LogP contribution is 2.24. The van der Waals surface area contributed by atoms with Crippen LogP contribution in [0.15, 0.2) is 18.2 Å². The van der Waals surface area contributed by atoms with Gasteiger partial charge in [0, 0.05) is 37.8 Å². The minimum Gasteiger partial charge on any atom is -0.497 e. The summed E-state index contributed by atoms with van der Waals surface area (Å²) >= 11 is 0. The van der Waals surface area contributed by atoms with Crippen LogP contribution in [-0.2, 0) is 4.79 Å². The Hall–Kier alpha value is -2.28. The third-order valence-electron chi connectivity index (χ3n) is 4.68. The summed E-state index contributed by atoms with van der Waals surface area (Å²) in [5.41, 5.74) is 6.29. The van der Waals surface area contributed by atoms with Crippen LogP contribution in [0, 0.1) is 5.41 Å². The van der Waals surface area contributed by atoms with Gasteiger partial charge in [0.05, 0.1) is 20.3 Å². The van der Waals surface area contributed by atoms with E-state index >= 15 is 0 Å². The van der Waals surface area contributed by atoms with Crippen LogP contribution in [0.4, 0.5) is 0 Å². The molecule has 1 aliphatic rings. The van der Waals surface area contributed by atoms with Crippen LogP contribution in [0.1, 0.15) is 31.1 Å². The Morgan fingerprint density at radius 2 is 1.42 bits per heavy atom. The van der Waals surface area contributed by atoms with Crippen molar-refractivity contribution >= 4 is 11.8 Å². The molecule has 0 bridgehead atoms. The first-order valence-corrected chi connectivity index (χ1v) is 8.74. The molecular formula is C19H29N3O4. The van der Waals surface area contributed by atoms with E-state index in [1.54, 1.807) is 42.2 Å². The van der Waals surface area contributed by atoms with Crippen molar-refractivity contribution in [2.75, 3.05) is 40.4 Å². The molecule has 0 spiro atoms. The van der Waals surface area contributed by atoms with E-state index in [2.05, 4.69) is 0 Å². The second-order valence-corrected chi connectivity index (χ2v) is 7.56. The molecule has 1 aliphatic heterocycles. The van der Waals surface area contributed by atoms with Crippen LogP contribution >= 0.6 is 0 Å². The van der Waals surface area contributed by atoms with Gasteiger partial charge in [-0.25, -0.2) is 0 Å². The second-order valence-electron chi connectivity index (χ2n) is 7.56. The van der Waals surface area contributed by atoms with Crippen molar-refractivity contribution in [3.63, 3.8) is 0 Å². The Morgan fingerprint density at radius 1 is 0.962 bits per heavy atom. The maximum atomic E-state index is 12.8. The Kier molecular flexibility index (Phi) is 6.13. The molecule has 1 fully saturated rings. The van der Waals surface area contributed by atoms with Gasteiger partial charge in [0.15, 0.2) is 0 Å². The molecule has 0 saturated carbocycles. The number of hydrogen-bond donors (Lipinski definition) is 1. The molecule has 2 rings (SSSR count). The highest BCUT2D eigenvalue weighted by molar-refractivity contribution is 5.95. The summed E-state index contributed by atoms with van der Waals surface area (Å²) in [6.07, 6.45) is 0. The summed E-state index contributed by atoms with van der Waals surface area (Å²) < 4.78 is 10.4. The van der Waals surface area contributed by atoms with Crippen molar-refractivity contribution in [3.05, 3.63) is 23.8 Å². The minimum atomic E-state index is -0.549. The smallest absolute Gasteiger partial charge is 0.254 e. The van der Waals surface area contributed by atoms with Crippen LogP contribution < -0.4 is 15.2 Å². The van der Waals surface area contributed by atoms with Gasteiger partial charge in [-0.2, -0.15) is 0 Å². The summed E-state index contributed by atoms with van der Waals surface area (Å²) in [5, 5.41) is 0. The predicted molar refractivity (Wildman–Crippen MR) is 99.5 cm³/mol. The Balaban J connectivity index is 2.04. The molecule has 0 aromatic heterocycles. The Labute approximate surface area is 155 Å². The lowest BCUT2D eigenvalue weighted by molar-refractivity contribution is -0.136. The Bertz CT molecular complexity index is 639. The summed E-state index contributed by atoms with van der Waals surface area (Å²) in [4.78, 5) is 28.8. The van der Waals surface area contributed by atoms with Crippen LogP contribution in [0.25, 0.3) is 0 Å². The highest BCUT2D eigenvalue weighted by atomic mass is 16.5. The molecule has 7 heteroatoms. The molecule has 0 radical (unpaired) electrons. The SMILES string of the molecule is COc1cc(OC)cc(C(=O)N2CCN(C(=O)[C@@H](N)C(C)(C)C)CC2)c1. The number of rotatable bonds is 4. The van der Waals surface area contributed by atoms with Gasteiger partial charge in [-0.15, -0.1) is 0 Å². The molecule has 2 N–H and O–H groups in total. The van der Waals surface area contributed by atoms with E-state index in [-0.39, 0.29) is 17.2 Å². The minimum absolute atomic E-state index is 0.0624. The number of nitrogens with zero attached hydrogens (tertiary/aromatic N) is 2. The number of carbonyl (C=O) groups is 2. The number of hydrogen-bond acceptors (Lipinski definition) is 5.